The lowest BCUT2D eigenvalue weighted by atomic mass is 9.77. The van der Waals surface area contributed by atoms with Gasteiger partial charge in [-0.05, 0) is 74.3 Å². The summed E-state index contributed by atoms with van der Waals surface area (Å²) in [5, 5.41) is 15.5. The number of aromatic nitrogens is 1. The van der Waals surface area contributed by atoms with Crippen LogP contribution in [0.4, 0.5) is 4.39 Å². The number of carboxylic acids is 1. The predicted molar refractivity (Wildman–Crippen MR) is 193 cm³/mol. The van der Waals surface area contributed by atoms with Crippen molar-refractivity contribution >= 4 is 46.6 Å². The maximum atomic E-state index is 14.0. The topological polar surface area (TPSA) is 121 Å². The van der Waals surface area contributed by atoms with E-state index in [0.717, 1.165) is 51.5 Å². The Morgan fingerprint density at radius 1 is 1.16 bits per heavy atom. The molecule has 1 aromatic carbocycles. The first-order valence-corrected chi connectivity index (χ1v) is 19.3. The number of likely N-dealkylation sites (tertiary alicyclic amines) is 1. The number of rotatable bonds is 14. The summed E-state index contributed by atoms with van der Waals surface area (Å²) in [6.07, 6.45) is 10.9. The molecule has 1 saturated heterocycles. The van der Waals surface area contributed by atoms with Crippen LogP contribution in [0, 0.1) is 35.4 Å². The molecule has 2 N–H and O–H groups in total. The SMILES string of the molecule is CCC1CN(C2CCC(C(=O)O)CC2)C(=O)CC1CCCCC(C)C(C)CC1=C(C(=O)OC)C(c2ccc(F)cc2Cl)N=C(c2nccs2)N1. The van der Waals surface area contributed by atoms with Gasteiger partial charge in [0, 0.05) is 46.9 Å². The van der Waals surface area contributed by atoms with Crippen molar-refractivity contribution in [2.24, 2.45) is 34.6 Å². The summed E-state index contributed by atoms with van der Waals surface area (Å²) >= 11 is 7.94. The minimum Gasteiger partial charge on any atom is -0.481 e. The minimum absolute atomic E-state index is 0.177. The average molecular weight is 729 g/mol. The van der Waals surface area contributed by atoms with Gasteiger partial charge in [-0.2, -0.15) is 0 Å². The van der Waals surface area contributed by atoms with Crippen molar-refractivity contribution in [3.8, 4) is 0 Å². The van der Waals surface area contributed by atoms with Gasteiger partial charge in [0.2, 0.25) is 5.91 Å². The maximum absolute atomic E-state index is 14.0. The van der Waals surface area contributed by atoms with Gasteiger partial charge in [0.15, 0.2) is 10.8 Å². The number of hydrogen-bond acceptors (Lipinski definition) is 8. The average Bonchev–Trinajstić information content (AvgIpc) is 3.65. The van der Waals surface area contributed by atoms with Gasteiger partial charge in [-0.15, -0.1) is 11.3 Å². The zero-order chi connectivity index (χ0) is 35.9. The minimum atomic E-state index is -0.784. The second-order valence-corrected chi connectivity index (χ2v) is 15.7. The molecule has 3 aliphatic rings. The van der Waals surface area contributed by atoms with Crippen LogP contribution in [0.15, 0.2) is 46.0 Å². The van der Waals surface area contributed by atoms with Gasteiger partial charge >= 0.3 is 11.9 Å². The van der Waals surface area contributed by atoms with Crippen molar-refractivity contribution in [1.29, 1.82) is 0 Å². The second kappa shape index (κ2) is 17.3. The zero-order valence-electron chi connectivity index (χ0n) is 29.5. The molecule has 12 heteroatoms. The molecule has 5 atom stereocenters. The van der Waals surface area contributed by atoms with E-state index in [4.69, 9.17) is 21.3 Å². The van der Waals surface area contributed by atoms with E-state index in [-0.39, 0.29) is 28.8 Å². The molecule has 0 radical (unpaired) electrons. The Bertz CT molecular complexity index is 1570. The lowest BCUT2D eigenvalue weighted by Gasteiger charge is -2.44. The lowest BCUT2D eigenvalue weighted by molar-refractivity contribution is -0.145. The van der Waals surface area contributed by atoms with Crippen LogP contribution in [0.5, 0.6) is 0 Å². The van der Waals surface area contributed by atoms with E-state index in [9.17, 15) is 23.9 Å². The number of benzene rings is 1. The number of nitrogens with one attached hydrogen (secondary N) is 1. The Morgan fingerprint density at radius 3 is 2.56 bits per heavy atom. The number of thiazole rings is 1. The van der Waals surface area contributed by atoms with E-state index in [1.165, 1.54) is 30.6 Å². The smallest absolute Gasteiger partial charge is 0.338 e. The number of amides is 1. The molecule has 9 nitrogen and oxygen atoms in total. The number of esters is 1. The van der Waals surface area contributed by atoms with Crippen LogP contribution in [0.2, 0.25) is 5.02 Å². The Balaban J connectivity index is 1.20. The van der Waals surface area contributed by atoms with Crippen LogP contribution in [0.1, 0.15) is 108 Å². The van der Waals surface area contributed by atoms with E-state index >= 15 is 0 Å². The van der Waals surface area contributed by atoms with Crippen LogP contribution in [0.3, 0.4) is 0 Å². The molecule has 0 bridgehead atoms. The lowest BCUT2D eigenvalue weighted by Crippen LogP contribution is -2.50. The summed E-state index contributed by atoms with van der Waals surface area (Å²) in [5.41, 5.74) is 1.58. The van der Waals surface area contributed by atoms with Crippen LogP contribution < -0.4 is 5.32 Å². The third-order valence-corrected chi connectivity index (χ3v) is 12.4. The number of amidine groups is 1. The van der Waals surface area contributed by atoms with E-state index < -0.39 is 23.8 Å². The Morgan fingerprint density at radius 2 is 1.92 bits per heavy atom. The molecule has 2 fully saturated rings. The molecule has 1 aromatic heterocycles. The molecule has 272 valence electrons. The van der Waals surface area contributed by atoms with Crippen molar-refractivity contribution in [2.45, 2.75) is 103 Å². The predicted octanol–water partition coefficient (Wildman–Crippen LogP) is 8.19. The molecule has 0 spiro atoms. The number of carboxylic acid groups (broad SMARTS) is 1. The highest BCUT2D eigenvalue weighted by atomic mass is 35.5. The second-order valence-electron chi connectivity index (χ2n) is 14.4. The van der Waals surface area contributed by atoms with Crippen LogP contribution in [-0.4, -0.2) is 58.4 Å². The number of aliphatic carboxylic acids is 1. The highest BCUT2D eigenvalue weighted by Crippen LogP contribution is 2.40. The van der Waals surface area contributed by atoms with Crippen molar-refractivity contribution in [1.82, 2.24) is 15.2 Å². The molecule has 2 aliphatic heterocycles. The van der Waals surface area contributed by atoms with Gasteiger partial charge in [0.25, 0.3) is 0 Å². The first-order chi connectivity index (χ1) is 24.0. The van der Waals surface area contributed by atoms with Gasteiger partial charge in [-0.25, -0.2) is 14.2 Å². The molecule has 2 aromatic rings. The summed E-state index contributed by atoms with van der Waals surface area (Å²) in [4.78, 5) is 49.3. The third kappa shape index (κ3) is 8.94. The van der Waals surface area contributed by atoms with Gasteiger partial charge in [0.1, 0.15) is 11.9 Å². The highest BCUT2D eigenvalue weighted by Gasteiger charge is 2.39. The summed E-state index contributed by atoms with van der Waals surface area (Å²) < 4.78 is 19.2. The largest absolute Gasteiger partial charge is 0.481 e. The Kier molecular flexibility index (Phi) is 13.1. The molecule has 1 aliphatic carbocycles. The number of allylic oxidation sites excluding steroid dienone is 1. The van der Waals surface area contributed by atoms with Gasteiger partial charge in [0.05, 0.1) is 18.6 Å². The highest BCUT2D eigenvalue weighted by molar-refractivity contribution is 7.11. The monoisotopic (exact) mass is 728 g/mol. The fourth-order valence-corrected chi connectivity index (χ4v) is 8.84. The van der Waals surface area contributed by atoms with E-state index in [1.807, 2.05) is 5.38 Å². The van der Waals surface area contributed by atoms with E-state index in [1.54, 1.807) is 12.3 Å². The number of methoxy groups -OCH3 is 1. The molecule has 1 saturated carbocycles. The van der Waals surface area contributed by atoms with Gasteiger partial charge in [-0.3, -0.25) is 14.6 Å². The quantitative estimate of drug-likeness (QED) is 0.149. The van der Waals surface area contributed by atoms with E-state index in [0.29, 0.717) is 71.1 Å². The number of hydrogen-bond donors (Lipinski definition) is 2. The molecule has 50 heavy (non-hydrogen) atoms. The standard InChI is InChI=1S/C38H50ClFN4O5S/c1-5-24-21-44(28-13-10-25(11-14-28)37(46)47)32(45)19-26(24)9-7-6-8-22(2)23(3)18-31-33(38(48)49-4)34(29-15-12-27(40)20-30(29)39)43-35(42-31)36-41-16-17-50-36/h12,15-17,20,22-26,28,34H,5-11,13-14,18-19,21H2,1-4H3,(H,42,43)(H,46,47). The van der Waals surface area contributed by atoms with Crippen LogP contribution in [0.25, 0.3) is 0 Å². The number of piperidine rings is 1. The fourth-order valence-electron chi connectivity index (χ4n) is 7.98. The van der Waals surface area contributed by atoms with Crippen molar-refractivity contribution in [3.63, 3.8) is 0 Å². The van der Waals surface area contributed by atoms with Crippen molar-refractivity contribution in [2.75, 3.05) is 13.7 Å². The molecule has 5 unspecified atom stereocenters. The Hall–Kier alpha value is -3.31. The molecule has 5 rings (SSSR count). The van der Waals surface area contributed by atoms with Crippen LogP contribution in [-0.2, 0) is 19.1 Å². The number of halogens is 2. The normalized spacial score (nSPS) is 25.5. The number of unbranched alkanes of at least 4 members (excludes halogenated alkanes) is 1. The summed E-state index contributed by atoms with van der Waals surface area (Å²) in [6.45, 7) is 7.43. The maximum Gasteiger partial charge on any atom is 0.338 e. The first-order valence-electron chi connectivity index (χ1n) is 18.0. The molecule has 1 amide bonds. The summed E-state index contributed by atoms with van der Waals surface area (Å²) in [5.74, 6) is 0.204. The van der Waals surface area contributed by atoms with Crippen molar-refractivity contribution in [3.05, 3.63) is 62.5 Å². The summed E-state index contributed by atoms with van der Waals surface area (Å²) in [7, 11) is 1.34. The summed E-state index contributed by atoms with van der Waals surface area (Å²) in [6, 6.07) is 3.51. The molecular weight excluding hydrogens is 679 g/mol. The number of aliphatic imine (C=N–C) groups is 1. The first kappa shape index (κ1) is 37.9. The van der Waals surface area contributed by atoms with Gasteiger partial charge < -0.3 is 20.1 Å². The van der Waals surface area contributed by atoms with Gasteiger partial charge in [-0.1, -0.05) is 64.1 Å². The Labute approximate surface area is 303 Å². The zero-order valence-corrected chi connectivity index (χ0v) is 31.1. The number of ether oxygens (including phenoxy) is 1. The number of carbonyl (C=O) groups is 3. The van der Waals surface area contributed by atoms with Crippen LogP contribution >= 0.6 is 22.9 Å². The third-order valence-electron chi connectivity index (χ3n) is 11.3. The fraction of sp³-hybridized carbons (Fsp3) is 0.605. The number of carbonyl (C=O) groups excluding carboxylic acids is 2. The molecule has 3 heterocycles. The molecular formula is C38H50ClFN4O5S. The van der Waals surface area contributed by atoms with Crippen molar-refractivity contribution < 1.29 is 28.6 Å². The van der Waals surface area contributed by atoms with E-state index in [2.05, 4.69) is 36.0 Å². The number of nitrogens with zero attached hydrogens (tertiary/aromatic N) is 3.